The lowest BCUT2D eigenvalue weighted by molar-refractivity contribution is -0.143. The summed E-state index contributed by atoms with van der Waals surface area (Å²) in [5.41, 5.74) is 2.36. The molecule has 0 heterocycles. The minimum absolute atomic E-state index is 0.0671. The van der Waals surface area contributed by atoms with Crippen molar-refractivity contribution in [1.82, 2.24) is 5.32 Å². The van der Waals surface area contributed by atoms with E-state index < -0.39 is 12.0 Å². The summed E-state index contributed by atoms with van der Waals surface area (Å²) >= 11 is 0. The monoisotopic (exact) mass is 291 g/mol. The molecule has 0 spiro atoms. The first-order chi connectivity index (χ1) is 9.85. The number of hydrogen-bond donors (Lipinski definition) is 2. The van der Waals surface area contributed by atoms with Crippen LogP contribution < -0.4 is 5.32 Å². The number of carbonyl (C=O) groups excluding carboxylic acids is 1. The summed E-state index contributed by atoms with van der Waals surface area (Å²) in [5.74, 6) is -1.27. The van der Waals surface area contributed by atoms with Crippen molar-refractivity contribution in [3.63, 3.8) is 0 Å². The van der Waals surface area contributed by atoms with E-state index in [1.807, 2.05) is 19.1 Å². The number of rotatable bonds is 7. The molecule has 1 aromatic rings. The number of carboxylic acid groups (broad SMARTS) is 1. The molecule has 21 heavy (non-hydrogen) atoms. The summed E-state index contributed by atoms with van der Waals surface area (Å²) in [5, 5.41) is 11.7. The maximum Gasteiger partial charge on any atom is 0.326 e. The molecule has 0 aliphatic rings. The molecule has 0 aliphatic heterocycles. The van der Waals surface area contributed by atoms with E-state index in [2.05, 4.69) is 24.4 Å². The minimum Gasteiger partial charge on any atom is -0.480 e. The summed E-state index contributed by atoms with van der Waals surface area (Å²) in [4.78, 5) is 23.1. The molecular formula is C17H25NO3. The second kappa shape index (κ2) is 7.81. The number of aliphatic carboxylic acids is 1. The van der Waals surface area contributed by atoms with Crippen LogP contribution in [0.5, 0.6) is 0 Å². The first kappa shape index (κ1) is 17.2. The van der Waals surface area contributed by atoms with E-state index in [0.29, 0.717) is 6.42 Å². The highest BCUT2D eigenvalue weighted by atomic mass is 16.4. The third-order valence-electron chi connectivity index (χ3n) is 3.70. The third kappa shape index (κ3) is 5.21. The van der Waals surface area contributed by atoms with Gasteiger partial charge in [0, 0.05) is 6.42 Å². The predicted octanol–water partition coefficient (Wildman–Crippen LogP) is 2.97. The average Bonchev–Trinajstić information content (AvgIpc) is 2.44. The summed E-state index contributed by atoms with van der Waals surface area (Å²) < 4.78 is 0. The van der Waals surface area contributed by atoms with Gasteiger partial charge in [-0.2, -0.15) is 0 Å². The van der Waals surface area contributed by atoms with Crippen LogP contribution in [0.1, 0.15) is 51.2 Å². The van der Waals surface area contributed by atoms with Crippen molar-refractivity contribution < 1.29 is 14.7 Å². The molecule has 0 aliphatic carbocycles. The lowest BCUT2D eigenvalue weighted by Gasteiger charge is -2.19. The van der Waals surface area contributed by atoms with Crippen molar-refractivity contribution in [3.05, 3.63) is 35.4 Å². The molecule has 0 aromatic heterocycles. The molecule has 116 valence electrons. The molecule has 4 nitrogen and oxygen atoms in total. The fraction of sp³-hybridized carbons (Fsp3) is 0.529. The lowest BCUT2D eigenvalue weighted by atomic mass is 9.95. The molecule has 1 rings (SSSR count). The first-order valence-corrected chi connectivity index (χ1v) is 7.46. The number of hydrogen-bond acceptors (Lipinski definition) is 2. The van der Waals surface area contributed by atoms with Crippen molar-refractivity contribution in [1.29, 1.82) is 0 Å². The minimum atomic E-state index is -0.988. The van der Waals surface area contributed by atoms with Gasteiger partial charge in [0.05, 0.1) is 0 Å². The Kier molecular flexibility index (Phi) is 6.40. The smallest absolute Gasteiger partial charge is 0.326 e. The molecule has 0 bridgehead atoms. The first-order valence-electron chi connectivity index (χ1n) is 7.46. The van der Waals surface area contributed by atoms with Gasteiger partial charge in [-0.05, 0) is 29.4 Å². The number of benzene rings is 1. The maximum absolute atomic E-state index is 12.0. The summed E-state index contributed by atoms with van der Waals surface area (Å²) in [6.07, 6.45) is 1.28. The fourth-order valence-electron chi connectivity index (χ4n) is 2.22. The maximum atomic E-state index is 12.0. The second-order valence-corrected chi connectivity index (χ2v) is 5.83. The molecule has 0 fully saturated rings. The van der Waals surface area contributed by atoms with Gasteiger partial charge in [0.2, 0.25) is 5.91 Å². The Hall–Kier alpha value is -1.84. The van der Waals surface area contributed by atoms with E-state index in [0.717, 1.165) is 12.0 Å². The van der Waals surface area contributed by atoms with Gasteiger partial charge in [-0.25, -0.2) is 4.79 Å². The van der Waals surface area contributed by atoms with Crippen LogP contribution in [0.15, 0.2) is 24.3 Å². The highest BCUT2D eigenvalue weighted by molar-refractivity contribution is 5.84. The Labute approximate surface area is 126 Å². The van der Waals surface area contributed by atoms with Crippen LogP contribution >= 0.6 is 0 Å². The zero-order chi connectivity index (χ0) is 16.0. The predicted molar refractivity (Wildman–Crippen MR) is 83.3 cm³/mol. The highest BCUT2D eigenvalue weighted by Gasteiger charge is 2.24. The quantitative estimate of drug-likeness (QED) is 0.811. The molecule has 0 radical (unpaired) electrons. The van der Waals surface area contributed by atoms with Gasteiger partial charge in [0.25, 0.3) is 0 Å². The van der Waals surface area contributed by atoms with Gasteiger partial charge in [0.15, 0.2) is 0 Å². The second-order valence-electron chi connectivity index (χ2n) is 5.83. The third-order valence-corrected chi connectivity index (χ3v) is 3.70. The average molecular weight is 291 g/mol. The fourth-order valence-corrected chi connectivity index (χ4v) is 2.22. The Morgan fingerprint density at radius 2 is 1.71 bits per heavy atom. The molecular weight excluding hydrogens is 266 g/mol. The molecule has 4 heteroatoms. The Morgan fingerprint density at radius 1 is 1.14 bits per heavy atom. The van der Waals surface area contributed by atoms with Crippen molar-refractivity contribution in [2.24, 2.45) is 5.92 Å². The molecule has 0 saturated heterocycles. The van der Waals surface area contributed by atoms with E-state index in [9.17, 15) is 9.59 Å². The van der Waals surface area contributed by atoms with Gasteiger partial charge in [0.1, 0.15) is 6.04 Å². The number of carbonyl (C=O) groups is 2. The normalized spacial score (nSPS) is 13.8. The number of nitrogens with one attached hydrogen (secondary N) is 1. The summed E-state index contributed by atoms with van der Waals surface area (Å²) in [6.45, 7) is 7.65. The Morgan fingerprint density at radius 3 is 2.14 bits per heavy atom. The van der Waals surface area contributed by atoms with Crippen molar-refractivity contribution >= 4 is 11.9 Å². The van der Waals surface area contributed by atoms with Gasteiger partial charge in [-0.3, -0.25) is 4.79 Å². The molecule has 1 amide bonds. The van der Waals surface area contributed by atoms with Crippen LogP contribution in [0, 0.1) is 5.92 Å². The summed E-state index contributed by atoms with van der Waals surface area (Å²) in [6, 6.07) is 7.38. The van der Waals surface area contributed by atoms with Crippen LogP contribution in [-0.4, -0.2) is 23.0 Å². The Bertz CT molecular complexity index is 479. The van der Waals surface area contributed by atoms with E-state index in [4.69, 9.17) is 5.11 Å². The summed E-state index contributed by atoms with van der Waals surface area (Å²) in [7, 11) is 0. The van der Waals surface area contributed by atoms with Gasteiger partial charge in [-0.1, -0.05) is 52.0 Å². The Balaban J connectivity index is 2.62. The lowest BCUT2D eigenvalue weighted by Crippen LogP contribution is -2.44. The van der Waals surface area contributed by atoms with Crippen molar-refractivity contribution in [2.45, 2.75) is 52.5 Å². The number of amides is 1. The van der Waals surface area contributed by atoms with E-state index >= 15 is 0 Å². The molecule has 1 unspecified atom stereocenters. The van der Waals surface area contributed by atoms with Gasteiger partial charge in [-0.15, -0.1) is 0 Å². The molecule has 0 saturated carbocycles. The van der Waals surface area contributed by atoms with E-state index in [1.54, 1.807) is 13.8 Å². The molecule has 2 N–H and O–H groups in total. The van der Waals surface area contributed by atoms with Gasteiger partial charge >= 0.3 is 5.97 Å². The van der Waals surface area contributed by atoms with E-state index in [-0.39, 0.29) is 17.7 Å². The van der Waals surface area contributed by atoms with E-state index in [1.165, 1.54) is 5.56 Å². The SMILES string of the molecule is CCc1ccc(C(C)CC(=O)N[C@@H](C(=O)O)C(C)C)cc1. The molecule has 2 atom stereocenters. The number of aryl methyl sites for hydroxylation is 1. The van der Waals surface area contributed by atoms with Crippen LogP contribution in [0.2, 0.25) is 0 Å². The zero-order valence-corrected chi connectivity index (χ0v) is 13.2. The van der Waals surface area contributed by atoms with Crippen LogP contribution in [-0.2, 0) is 16.0 Å². The van der Waals surface area contributed by atoms with Crippen LogP contribution in [0.25, 0.3) is 0 Å². The van der Waals surface area contributed by atoms with Crippen molar-refractivity contribution in [3.8, 4) is 0 Å². The molecule has 1 aromatic carbocycles. The number of carboxylic acids is 1. The topological polar surface area (TPSA) is 66.4 Å². The van der Waals surface area contributed by atoms with Gasteiger partial charge < -0.3 is 10.4 Å². The van der Waals surface area contributed by atoms with Crippen LogP contribution in [0.4, 0.5) is 0 Å². The van der Waals surface area contributed by atoms with Crippen molar-refractivity contribution in [2.75, 3.05) is 0 Å². The standard InChI is InChI=1S/C17H25NO3/c1-5-13-6-8-14(9-7-13)12(4)10-15(19)18-16(11(2)3)17(20)21/h6-9,11-12,16H,5,10H2,1-4H3,(H,18,19)(H,20,21)/t12?,16-/m1/s1. The highest BCUT2D eigenvalue weighted by Crippen LogP contribution is 2.20. The zero-order valence-electron chi connectivity index (χ0n) is 13.2. The largest absolute Gasteiger partial charge is 0.480 e. The van der Waals surface area contributed by atoms with Crippen LogP contribution in [0.3, 0.4) is 0 Å².